The Hall–Kier alpha value is -1.66. The maximum absolute atomic E-state index is 12.5. The lowest BCUT2D eigenvalue weighted by Crippen LogP contribution is -2.45. The lowest BCUT2D eigenvalue weighted by atomic mass is 10.0. The molecule has 0 saturated carbocycles. The second kappa shape index (κ2) is 72.8. The number of hydrogen-bond acceptors (Lipinski definition) is 5. The van der Waals surface area contributed by atoms with Crippen molar-refractivity contribution in [3.05, 3.63) is 24.3 Å². The fraction of sp³-hybridized carbons (Fsp3) is 0.922. The Morgan fingerprint density at radius 2 is 0.566 bits per heavy atom. The van der Waals surface area contributed by atoms with Crippen LogP contribution in [0.4, 0.5) is 0 Å². The Morgan fingerprint density at radius 3 is 0.855 bits per heavy atom. The molecule has 6 nitrogen and oxygen atoms in total. The number of amides is 1. The summed E-state index contributed by atoms with van der Waals surface area (Å²) in [7, 11) is 0. The van der Waals surface area contributed by atoms with Gasteiger partial charge in [-0.2, -0.15) is 0 Å². The number of esters is 1. The van der Waals surface area contributed by atoms with Crippen molar-refractivity contribution in [3.8, 4) is 0 Å². The zero-order chi connectivity index (χ0) is 59.9. The average molecular weight is 1170 g/mol. The molecule has 3 N–H and O–H groups in total. The van der Waals surface area contributed by atoms with Gasteiger partial charge in [-0.05, 0) is 57.8 Å². The first kappa shape index (κ1) is 81.3. The largest absolute Gasteiger partial charge is 0.466 e. The molecule has 2 unspecified atom stereocenters. The predicted molar refractivity (Wildman–Crippen MR) is 366 cm³/mol. The standard InChI is InChI=1S/C77H149NO5/c1-3-5-7-9-11-13-15-17-19-21-34-38-41-45-49-53-57-61-65-69-75(80)74(73-79)78-76(81)70-66-62-58-54-50-46-42-39-35-32-30-28-26-24-22-23-25-27-29-31-33-36-40-44-48-52-56-60-64-68-72-83-77(82)71-67-63-59-55-51-47-43-37-20-18-16-14-12-10-8-6-4-2/h18,20,65,69,74-75,79-80H,3-17,19,21-64,66-68,70-73H2,1-2H3,(H,78,81)/b20-18-,69-65+. The molecule has 0 heterocycles. The van der Waals surface area contributed by atoms with Crippen LogP contribution in [0, 0.1) is 0 Å². The molecule has 1 amide bonds. The number of ether oxygens (including phenoxy) is 1. The third-order valence-corrected chi connectivity index (χ3v) is 18.0. The van der Waals surface area contributed by atoms with Crippen LogP contribution in [0.3, 0.4) is 0 Å². The van der Waals surface area contributed by atoms with Crippen molar-refractivity contribution in [3.63, 3.8) is 0 Å². The zero-order valence-electron chi connectivity index (χ0n) is 56.5. The molecule has 83 heavy (non-hydrogen) atoms. The number of allylic oxidation sites excluding steroid dienone is 3. The summed E-state index contributed by atoms with van der Waals surface area (Å²) in [6.45, 7) is 4.95. The summed E-state index contributed by atoms with van der Waals surface area (Å²) in [6, 6.07) is -0.625. The summed E-state index contributed by atoms with van der Waals surface area (Å²) in [5.41, 5.74) is 0. The highest BCUT2D eigenvalue weighted by Gasteiger charge is 2.18. The summed E-state index contributed by atoms with van der Waals surface area (Å²) in [6.07, 6.45) is 92.8. The van der Waals surface area contributed by atoms with Gasteiger partial charge in [-0.1, -0.05) is 385 Å². The highest BCUT2D eigenvalue weighted by atomic mass is 16.5. The molecule has 0 aromatic heterocycles. The van der Waals surface area contributed by atoms with Crippen molar-refractivity contribution in [2.24, 2.45) is 0 Å². The van der Waals surface area contributed by atoms with Crippen molar-refractivity contribution in [1.82, 2.24) is 5.32 Å². The van der Waals surface area contributed by atoms with Crippen LogP contribution < -0.4 is 5.32 Å². The predicted octanol–water partition coefficient (Wildman–Crippen LogP) is 24.9. The normalized spacial score (nSPS) is 12.6. The number of aliphatic hydroxyl groups is 2. The molecule has 0 aromatic carbocycles. The van der Waals surface area contributed by atoms with Gasteiger partial charge in [-0.25, -0.2) is 0 Å². The molecule has 0 saturated heterocycles. The highest BCUT2D eigenvalue weighted by Crippen LogP contribution is 2.20. The summed E-state index contributed by atoms with van der Waals surface area (Å²) < 4.78 is 5.51. The van der Waals surface area contributed by atoms with Crippen molar-refractivity contribution in [1.29, 1.82) is 0 Å². The van der Waals surface area contributed by atoms with Crippen LogP contribution in [0.15, 0.2) is 24.3 Å². The Morgan fingerprint density at radius 1 is 0.325 bits per heavy atom. The molecule has 0 aliphatic carbocycles. The minimum atomic E-state index is -0.842. The van der Waals surface area contributed by atoms with Crippen LogP contribution in [-0.2, 0) is 14.3 Å². The quantitative estimate of drug-likeness (QED) is 0.0320. The Balaban J connectivity index is 3.34. The number of carbonyl (C=O) groups excluding carboxylic acids is 2. The third-order valence-electron chi connectivity index (χ3n) is 18.0. The van der Waals surface area contributed by atoms with Gasteiger partial charge in [0.15, 0.2) is 0 Å². The zero-order valence-corrected chi connectivity index (χ0v) is 56.5. The first-order valence-corrected chi connectivity index (χ1v) is 38.1. The van der Waals surface area contributed by atoms with E-state index in [0.717, 1.165) is 44.9 Å². The number of nitrogens with one attached hydrogen (secondary N) is 1. The summed E-state index contributed by atoms with van der Waals surface area (Å²) >= 11 is 0. The van der Waals surface area contributed by atoms with E-state index >= 15 is 0 Å². The molecular formula is C77H149NO5. The van der Waals surface area contributed by atoms with Crippen molar-refractivity contribution < 1.29 is 24.5 Å². The fourth-order valence-electron chi connectivity index (χ4n) is 12.2. The maximum Gasteiger partial charge on any atom is 0.305 e. The van der Waals surface area contributed by atoms with E-state index in [1.165, 1.54) is 360 Å². The van der Waals surface area contributed by atoms with Gasteiger partial charge in [0.25, 0.3) is 0 Å². The molecular weight excluding hydrogens is 1020 g/mol. The summed E-state index contributed by atoms with van der Waals surface area (Å²) in [4.78, 5) is 24.6. The topological polar surface area (TPSA) is 95.9 Å². The Kier molecular flexibility index (Phi) is 71.4. The van der Waals surface area contributed by atoms with Crippen LogP contribution in [0.1, 0.15) is 431 Å². The molecule has 0 radical (unpaired) electrons. The monoisotopic (exact) mass is 1170 g/mol. The van der Waals surface area contributed by atoms with Crippen LogP contribution in [0.25, 0.3) is 0 Å². The van der Waals surface area contributed by atoms with Crippen molar-refractivity contribution in [2.75, 3.05) is 13.2 Å². The van der Waals surface area contributed by atoms with Gasteiger partial charge in [-0.15, -0.1) is 0 Å². The minimum absolute atomic E-state index is 0.0174. The number of rotatable bonds is 72. The van der Waals surface area contributed by atoms with Gasteiger partial charge >= 0.3 is 5.97 Å². The van der Waals surface area contributed by atoms with E-state index in [9.17, 15) is 19.8 Å². The molecule has 0 bridgehead atoms. The Bertz CT molecular complexity index is 1300. The van der Waals surface area contributed by atoms with Crippen LogP contribution in [0.2, 0.25) is 0 Å². The van der Waals surface area contributed by atoms with Gasteiger partial charge in [0.2, 0.25) is 5.91 Å². The second-order valence-electron chi connectivity index (χ2n) is 26.3. The average Bonchev–Trinajstić information content (AvgIpc) is 3.49. The van der Waals surface area contributed by atoms with Crippen molar-refractivity contribution >= 4 is 11.9 Å². The molecule has 0 fully saturated rings. The first-order chi connectivity index (χ1) is 41.0. The second-order valence-corrected chi connectivity index (χ2v) is 26.3. The number of carbonyl (C=O) groups is 2. The van der Waals surface area contributed by atoms with E-state index in [1.54, 1.807) is 6.08 Å². The SMILES string of the molecule is CCCCCCCC/C=C\CCCCCCCCCC(=O)OCCCCCCCCCCCCCCCCCCCCCCCCCCCCCCCCC(=O)NC(CO)C(O)/C=C/CCCCCCCCCCCCCCCCCCC. The van der Waals surface area contributed by atoms with Crippen LogP contribution >= 0.6 is 0 Å². The first-order valence-electron chi connectivity index (χ1n) is 38.1. The summed E-state index contributed by atoms with van der Waals surface area (Å²) in [5.74, 6) is -0.0425. The molecule has 0 aliphatic rings. The lowest BCUT2D eigenvalue weighted by Gasteiger charge is -2.20. The van der Waals surface area contributed by atoms with E-state index < -0.39 is 12.1 Å². The third kappa shape index (κ3) is 69.3. The van der Waals surface area contributed by atoms with Crippen LogP contribution in [-0.4, -0.2) is 47.4 Å². The van der Waals surface area contributed by atoms with Gasteiger partial charge in [-0.3, -0.25) is 9.59 Å². The number of aliphatic hydroxyl groups excluding tert-OH is 2. The van der Waals surface area contributed by atoms with Gasteiger partial charge < -0.3 is 20.3 Å². The maximum atomic E-state index is 12.5. The van der Waals surface area contributed by atoms with E-state index in [2.05, 4.69) is 31.3 Å². The van der Waals surface area contributed by atoms with E-state index in [1.807, 2.05) is 6.08 Å². The number of unbranched alkanes of at least 4 members (excludes halogenated alkanes) is 59. The van der Waals surface area contributed by atoms with E-state index in [4.69, 9.17) is 4.74 Å². The molecule has 0 rings (SSSR count). The molecule has 0 aromatic rings. The number of hydrogen-bond donors (Lipinski definition) is 3. The molecule has 2 atom stereocenters. The summed E-state index contributed by atoms with van der Waals surface area (Å²) in [5, 5.41) is 23.3. The van der Waals surface area contributed by atoms with E-state index in [0.29, 0.717) is 19.4 Å². The molecule has 6 heteroatoms. The molecule has 492 valence electrons. The fourth-order valence-corrected chi connectivity index (χ4v) is 12.2. The lowest BCUT2D eigenvalue weighted by molar-refractivity contribution is -0.143. The smallest absolute Gasteiger partial charge is 0.305 e. The molecule has 0 aliphatic heterocycles. The minimum Gasteiger partial charge on any atom is -0.466 e. The van der Waals surface area contributed by atoms with Crippen LogP contribution in [0.5, 0.6) is 0 Å². The highest BCUT2D eigenvalue weighted by molar-refractivity contribution is 5.76. The van der Waals surface area contributed by atoms with Gasteiger partial charge in [0.1, 0.15) is 0 Å². The van der Waals surface area contributed by atoms with Gasteiger partial charge in [0, 0.05) is 12.8 Å². The van der Waals surface area contributed by atoms with E-state index in [-0.39, 0.29) is 18.5 Å². The van der Waals surface area contributed by atoms with Crippen molar-refractivity contribution in [2.45, 2.75) is 443 Å². The van der Waals surface area contributed by atoms with Gasteiger partial charge in [0.05, 0.1) is 25.4 Å². The Labute approximate surface area is 520 Å². The molecule has 0 spiro atoms.